The largest absolute Gasteiger partial charge is 0.341 e. The fraction of sp³-hybridized carbons (Fsp3) is 0.450. The highest BCUT2D eigenvalue weighted by molar-refractivity contribution is 7.77. The smallest absolute Gasteiger partial charge is 0.335 e. The van der Waals surface area contributed by atoms with Crippen molar-refractivity contribution in [2.24, 2.45) is 0 Å². The highest BCUT2D eigenvalue weighted by atomic mass is 31.2. The molecule has 2 heterocycles. The Balaban J connectivity index is 1.68. The maximum absolute atomic E-state index is 12.3. The second kappa shape index (κ2) is 8.69. The molecular weight excluding hydrogens is 452 g/mol. The van der Waals surface area contributed by atoms with E-state index in [0.717, 1.165) is 37.2 Å². The van der Waals surface area contributed by atoms with Gasteiger partial charge in [-0.1, -0.05) is 12.8 Å². The summed E-state index contributed by atoms with van der Waals surface area (Å²) in [5.74, 6) is 0.576. The zero-order valence-corrected chi connectivity index (χ0v) is 19.7. The Morgan fingerprint density at radius 2 is 1.75 bits per heavy atom. The van der Waals surface area contributed by atoms with Crippen LogP contribution < -0.4 is 10.6 Å². The van der Waals surface area contributed by atoms with E-state index in [4.69, 9.17) is 19.8 Å². The molecule has 1 atom stereocenters. The van der Waals surface area contributed by atoms with Crippen LogP contribution in [0.15, 0.2) is 30.6 Å². The molecule has 1 fully saturated rings. The number of rotatable bonds is 7. The van der Waals surface area contributed by atoms with Crippen molar-refractivity contribution < 1.29 is 23.8 Å². The van der Waals surface area contributed by atoms with Crippen molar-refractivity contribution >= 4 is 42.9 Å². The summed E-state index contributed by atoms with van der Waals surface area (Å²) in [5, 5.41) is 3.22. The quantitative estimate of drug-likeness (QED) is 0.371. The summed E-state index contributed by atoms with van der Waals surface area (Å²) in [6.07, 6.45) is 6.19. The minimum atomic E-state index is -4.63. The molecule has 1 aromatic carbocycles. The first-order valence-electron chi connectivity index (χ1n) is 10.5. The minimum Gasteiger partial charge on any atom is -0.341 e. The van der Waals surface area contributed by atoms with Crippen molar-refractivity contribution in [3.8, 4) is 0 Å². The van der Waals surface area contributed by atoms with Crippen molar-refractivity contribution in [1.29, 1.82) is 0 Å². The standard InChI is InChI=1S/C20H27N5O5P2/c1-13(2)25-11-21-17-19(23-18(24-20(17)25)14-5-3-4-6-14)22-15-7-9-16(10-8-15)31(26,27)12-32(28,29)30/h7-11,13-14H,3-6,12H2,1-2H3,(H,26,27)(H,22,23,24)(H2,28,29,30). The Hall–Kier alpha value is -2.09. The van der Waals surface area contributed by atoms with Crippen LogP contribution in [-0.4, -0.2) is 40.1 Å². The van der Waals surface area contributed by atoms with Gasteiger partial charge >= 0.3 is 7.60 Å². The molecular formula is C20H27N5O5P2. The number of imidazole rings is 1. The maximum Gasteiger partial charge on any atom is 0.335 e. The molecule has 12 heteroatoms. The molecule has 3 aromatic rings. The summed E-state index contributed by atoms with van der Waals surface area (Å²) < 4.78 is 25.5. The summed E-state index contributed by atoms with van der Waals surface area (Å²) in [7, 11) is -8.80. The number of nitrogens with one attached hydrogen (secondary N) is 1. The lowest BCUT2D eigenvalue weighted by Gasteiger charge is -2.15. The number of hydrogen-bond donors (Lipinski definition) is 4. The van der Waals surface area contributed by atoms with Crippen LogP contribution in [-0.2, 0) is 9.13 Å². The van der Waals surface area contributed by atoms with E-state index in [1.807, 2.05) is 4.57 Å². The van der Waals surface area contributed by atoms with Crippen LogP contribution in [0.2, 0.25) is 0 Å². The highest BCUT2D eigenvalue weighted by Crippen LogP contribution is 2.53. The average molecular weight is 479 g/mol. The molecule has 1 aliphatic rings. The number of anilines is 2. The fourth-order valence-electron chi connectivity index (χ4n) is 4.01. The lowest BCUT2D eigenvalue weighted by atomic mass is 10.1. The van der Waals surface area contributed by atoms with Crippen LogP contribution in [0.3, 0.4) is 0 Å². The highest BCUT2D eigenvalue weighted by Gasteiger charge is 2.31. The number of nitrogens with zero attached hydrogens (tertiary/aromatic N) is 4. The second-order valence-electron chi connectivity index (χ2n) is 8.51. The van der Waals surface area contributed by atoms with Crippen LogP contribution in [0.5, 0.6) is 0 Å². The average Bonchev–Trinajstić information content (AvgIpc) is 3.36. The molecule has 0 aliphatic heterocycles. The molecule has 32 heavy (non-hydrogen) atoms. The van der Waals surface area contributed by atoms with E-state index in [-0.39, 0.29) is 11.3 Å². The molecule has 0 radical (unpaired) electrons. The summed E-state index contributed by atoms with van der Waals surface area (Å²) in [5.41, 5.74) is 2.01. The van der Waals surface area contributed by atoms with Crippen molar-refractivity contribution in [1.82, 2.24) is 19.5 Å². The number of fused-ring (bicyclic) bond motifs is 1. The van der Waals surface area contributed by atoms with Gasteiger partial charge in [-0.25, -0.2) is 15.0 Å². The van der Waals surface area contributed by atoms with Crippen molar-refractivity contribution in [2.45, 2.75) is 51.5 Å². The Labute approximate surface area is 185 Å². The lowest BCUT2D eigenvalue weighted by Crippen LogP contribution is -2.09. The predicted octanol–water partition coefficient (Wildman–Crippen LogP) is 3.84. The van der Waals surface area contributed by atoms with Gasteiger partial charge < -0.3 is 24.6 Å². The first-order chi connectivity index (χ1) is 15.0. The molecule has 172 valence electrons. The third-order valence-corrected chi connectivity index (χ3v) is 9.74. The van der Waals surface area contributed by atoms with Crippen molar-refractivity contribution in [2.75, 3.05) is 11.2 Å². The fourth-order valence-corrected chi connectivity index (χ4v) is 7.28. The van der Waals surface area contributed by atoms with E-state index in [1.54, 1.807) is 18.5 Å². The van der Waals surface area contributed by atoms with Gasteiger partial charge in [-0.05, 0) is 51.0 Å². The van der Waals surface area contributed by atoms with Gasteiger partial charge in [0, 0.05) is 23.0 Å². The van der Waals surface area contributed by atoms with Gasteiger partial charge in [0.1, 0.15) is 11.7 Å². The molecule has 4 rings (SSSR count). The first-order valence-corrected chi connectivity index (χ1v) is 14.2. The van der Waals surface area contributed by atoms with Crippen LogP contribution in [0.25, 0.3) is 11.2 Å². The Morgan fingerprint density at radius 3 is 2.34 bits per heavy atom. The van der Waals surface area contributed by atoms with Crippen LogP contribution >= 0.6 is 15.0 Å². The molecule has 1 aliphatic carbocycles. The summed E-state index contributed by atoms with van der Waals surface area (Å²) >= 11 is 0. The van der Waals surface area contributed by atoms with E-state index in [9.17, 15) is 14.0 Å². The van der Waals surface area contributed by atoms with E-state index in [1.165, 1.54) is 12.1 Å². The van der Waals surface area contributed by atoms with Gasteiger partial charge in [0.05, 0.1) is 6.33 Å². The maximum atomic E-state index is 12.3. The van der Waals surface area contributed by atoms with Gasteiger partial charge in [-0.3, -0.25) is 9.13 Å². The SMILES string of the molecule is CC(C)n1cnc2c(Nc3ccc(P(=O)(O)CP(=O)(O)O)cc3)nc(C3CCCC3)nc21. The molecule has 10 nitrogen and oxygen atoms in total. The number of hydrogen-bond acceptors (Lipinski definition) is 6. The molecule has 2 aromatic heterocycles. The second-order valence-corrected chi connectivity index (χ2v) is 12.9. The molecule has 1 saturated carbocycles. The summed E-state index contributed by atoms with van der Waals surface area (Å²) in [4.78, 5) is 42.3. The molecule has 1 unspecified atom stereocenters. The van der Waals surface area contributed by atoms with Crippen LogP contribution in [0.4, 0.5) is 11.5 Å². The zero-order chi connectivity index (χ0) is 23.1. The Morgan fingerprint density at radius 1 is 1.09 bits per heavy atom. The van der Waals surface area contributed by atoms with E-state index < -0.39 is 20.9 Å². The van der Waals surface area contributed by atoms with Crippen molar-refractivity contribution in [3.63, 3.8) is 0 Å². The molecule has 0 saturated heterocycles. The monoisotopic (exact) mass is 479 g/mol. The first kappa shape index (κ1) is 23.1. The van der Waals surface area contributed by atoms with Crippen LogP contribution in [0.1, 0.15) is 57.3 Å². The topological polar surface area (TPSA) is 150 Å². The third-order valence-electron chi connectivity index (χ3n) is 5.62. The van der Waals surface area contributed by atoms with Gasteiger partial charge in [0.15, 0.2) is 17.0 Å². The molecule has 4 N–H and O–H groups in total. The van der Waals surface area contributed by atoms with Crippen LogP contribution in [0, 0.1) is 0 Å². The summed E-state index contributed by atoms with van der Waals surface area (Å²) in [6.45, 7) is 4.13. The number of aromatic nitrogens is 4. The minimum absolute atomic E-state index is 0.0186. The predicted molar refractivity (Wildman–Crippen MR) is 123 cm³/mol. The lowest BCUT2D eigenvalue weighted by molar-refractivity contribution is 0.376. The molecule has 0 amide bonds. The Bertz CT molecular complexity index is 1220. The molecule has 0 spiro atoms. The zero-order valence-electron chi connectivity index (χ0n) is 17.9. The van der Waals surface area contributed by atoms with Gasteiger partial charge in [-0.2, -0.15) is 0 Å². The summed E-state index contributed by atoms with van der Waals surface area (Å²) in [6, 6.07) is 6.14. The van der Waals surface area contributed by atoms with E-state index in [0.29, 0.717) is 22.9 Å². The third kappa shape index (κ3) is 4.95. The van der Waals surface area contributed by atoms with Crippen molar-refractivity contribution in [3.05, 3.63) is 36.4 Å². The molecule has 0 bridgehead atoms. The van der Waals surface area contributed by atoms with Gasteiger partial charge in [-0.15, -0.1) is 0 Å². The number of benzene rings is 1. The van der Waals surface area contributed by atoms with E-state index in [2.05, 4.69) is 24.1 Å². The van der Waals surface area contributed by atoms with Gasteiger partial charge in [0.2, 0.25) is 7.37 Å². The normalized spacial score (nSPS) is 17.2. The van der Waals surface area contributed by atoms with Gasteiger partial charge in [0.25, 0.3) is 0 Å². The Kier molecular flexibility index (Phi) is 6.27. The van der Waals surface area contributed by atoms with E-state index >= 15 is 0 Å².